The summed E-state index contributed by atoms with van der Waals surface area (Å²) in [6.07, 6.45) is -0.300. The van der Waals surface area contributed by atoms with Gasteiger partial charge < -0.3 is 14.2 Å². The van der Waals surface area contributed by atoms with Crippen molar-refractivity contribution in [1.82, 2.24) is 0 Å². The van der Waals surface area contributed by atoms with Gasteiger partial charge in [0.25, 0.3) is 0 Å². The van der Waals surface area contributed by atoms with Crippen molar-refractivity contribution in [3.63, 3.8) is 0 Å². The second kappa shape index (κ2) is 9.32. The number of carbonyl (C=O) groups excluding carboxylic acids is 3. The van der Waals surface area contributed by atoms with Crippen molar-refractivity contribution in [3.05, 3.63) is 35.9 Å². The molecular formula is C22H30O6. The zero-order valence-corrected chi connectivity index (χ0v) is 17.3. The van der Waals surface area contributed by atoms with Gasteiger partial charge >= 0.3 is 11.9 Å². The van der Waals surface area contributed by atoms with Crippen molar-refractivity contribution < 1.29 is 28.6 Å². The molecule has 4 atom stereocenters. The lowest BCUT2D eigenvalue weighted by atomic mass is 9.70. The van der Waals surface area contributed by atoms with Crippen LogP contribution in [0.15, 0.2) is 30.3 Å². The van der Waals surface area contributed by atoms with Crippen molar-refractivity contribution in [2.24, 2.45) is 17.8 Å². The topological polar surface area (TPSA) is 78.9 Å². The fraction of sp³-hybridized carbons (Fsp3) is 0.591. The van der Waals surface area contributed by atoms with Gasteiger partial charge in [-0.15, -0.1) is 0 Å². The van der Waals surface area contributed by atoms with E-state index in [1.165, 1.54) is 7.11 Å². The van der Waals surface area contributed by atoms with E-state index in [1.54, 1.807) is 20.8 Å². The van der Waals surface area contributed by atoms with Crippen LogP contribution < -0.4 is 0 Å². The zero-order valence-electron chi connectivity index (χ0n) is 17.3. The summed E-state index contributed by atoms with van der Waals surface area (Å²) in [5.74, 6) is -3.07. The maximum absolute atomic E-state index is 12.8. The number of hydrogen-bond acceptors (Lipinski definition) is 6. The smallest absolute Gasteiger partial charge is 0.317 e. The molecule has 0 spiro atoms. The monoisotopic (exact) mass is 390 g/mol. The lowest BCUT2D eigenvalue weighted by Crippen LogP contribution is -2.50. The summed E-state index contributed by atoms with van der Waals surface area (Å²) >= 11 is 0. The van der Waals surface area contributed by atoms with Crippen LogP contribution in [0.2, 0.25) is 0 Å². The van der Waals surface area contributed by atoms with E-state index in [9.17, 15) is 14.4 Å². The van der Waals surface area contributed by atoms with Crippen LogP contribution >= 0.6 is 0 Å². The number of carbonyl (C=O) groups is 3. The van der Waals surface area contributed by atoms with Gasteiger partial charge in [-0.25, -0.2) is 0 Å². The van der Waals surface area contributed by atoms with E-state index in [-0.39, 0.29) is 24.5 Å². The van der Waals surface area contributed by atoms with Crippen LogP contribution in [0.25, 0.3) is 0 Å². The van der Waals surface area contributed by atoms with Gasteiger partial charge in [0, 0.05) is 12.3 Å². The number of benzene rings is 1. The van der Waals surface area contributed by atoms with Crippen LogP contribution in [0.3, 0.4) is 0 Å². The Kier molecular flexibility index (Phi) is 7.35. The molecule has 0 N–H and O–H groups in total. The number of ketones is 1. The minimum Gasteiger partial charge on any atom is -0.469 e. The predicted octanol–water partition coefficient (Wildman–Crippen LogP) is 3.32. The van der Waals surface area contributed by atoms with Crippen LogP contribution in [-0.4, -0.2) is 36.5 Å². The molecular weight excluding hydrogens is 360 g/mol. The van der Waals surface area contributed by atoms with E-state index in [0.717, 1.165) is 5.56 Å². The summed E-state index contributed by atoms with van der Waals surface area (Å²) in [5, 5.41) is 0. The first-order chi connectivity index (χ1) is 13.1. The number of Topliss-reactive ketones (excluding diaryl/α,β-unsaturated/α-hetero) is 1. The highest BCUT2D eigenvalue weighted by Gasteiger charge is 2.49. The average Bonchev–Trinajstić information content (AvgIpc) is 2.60. The van der Waals surface area contributed by atoms with Crippen molar-refractivity contribution >= 4 is 17.7 Å². The zero-order chi connectivity index (χ0) is 20.9. The minimum absolute atomic E-state index is 0.0735. The van der Waals surface area contributed by atoms with Gasteiger partial charge in [0.05, 0.1) is 26.2 Å². The third-order valence-corrected chi connectivity index (χ3v) is 4.86. The highest BCUT2D eigenvalue weighted by Crippen LogP contribution is 2.38. The second-order valence-electron chi connectivity index (χ2n) is 8.36. The Labute approximate surface area is 166 Å². The molecule has 28 heavy (non-hydrogen) atoms. The molecule has 1 aromatic rings. The Morgan fingerprint density at radius 3 is 2.36 bits per heavy atom. The molecule has 0 radical (unpaired) electrons. The molecule has 154 valence electrons. The van der Waals surface area contributed by atoms with Gasteiger partial charge in [-0.05, 0) is 32.3 Å². The Hall–Kier alpha value is -2.21. The van der Waals surface area contributed by atoms with Gasteiger partial charge in [-0.2, -0.15) is 0 Å². The lowest BCUT2D eigenvalue weighted by molar-refractivity contribution is -0.174. The summed E-state index contributed by atoms with van der Waals surface area (Å²) in [6.45, 7) is 7.49. The first-order valence-corrected chi connectivity index (χ1v) is 9.60. The average molecular weight is 390 g/mol. The molecule has 0 saturated heterocycles. The van der Waals surface area contributed by atoms with Gasteiger partial charge in [0.2, 0.25) is 0 Å². The van der Waals surface area contributed by atoms with Gasteiger partial charge in [0.15, 0.2) is 0 Å². The molecule has 0 amide bonds. The van der Waals surface area contributed by atoms with E-state index < -0.39 is 35.5 Å². The predicted molar refractivity (Wildman–Crippen MR) is 103 cm³/mol. The molecule has 6 nitrogen and oxygen atoms in total. The van der Waals surface area contributed by atoms with Crippen molar-refractivity contribution in [3.8, 4) is 0 Å². The molecule has 2 rings (SSSR count). The molecule has 1 unspecified atom stereocenters. The molecule has 0 heterocycles. The quantitative estimate of drug-likeness (QED) is 0.548. The second-order valence-corrected chi connectivity index (χ2v) is 8.36. The van der Waals surface area contributed by atoms with Crippen molar-refractivity contribution in [2.45, 2.75) is 58.8 Å². The van der Waals surface area contributed by atoms with Crippen molar-refractivity contribution in [2.75, 3.05) is 7.11 Å². The lowest BCUT2D eigenvalue weighted by Gasteiger charge is -2.40. The third kappa shape index (κ3) is 5.89. The summed E-state index contributed by atoms with van der Waals surface area (Å²) in [7, 11) is 1.29. The number of hydrogen-bond donors (Lipinski definition) is 0. The van der Waals surface area contributed by atoms with E-state index >= 15 is 0 Å². The van der Waals surface area contributed by atoms with Crippen molar-refractivity contribution in [1.29, 1.82) is 0 Å². The standard InChI is InChI=1S/C22H30O6/c1-14-11-17(23)19(21(25)28-22(2,3)4)16(12-18(24)26-5)20(14)27-13-15-9-7-6-8-10-15/h6-10,14,16,19-20H,11-13H2,1-5H3/t14-,16-,19?,20-/m0/s1. The minimum atomic E-state index is -1.03. The Bertz CT molecular complexity index is 691. The van der Waals surface area contributed by atoms with Crippen LogP contribution in [0.1, 0.15) is 46.1 Å². The van der Waals surface area contributed by atoms with E-state index in [0.29, 0.717) is 6.61 Å². The maximum atomic E-state index is 12.8. The first-order valence-electron chi connectivity index (χ1n) is 9.60. The number of ether oxygens (including phenoxy) is 3. The Balaban J connectivity index is 2.27. The molecule has 1 aliphatic carbocycles. The third-order valence-electron chi connectivity index (χ3n) is 4.86. The molecule has 6 heteroatoms. The van der Waals surface area contributed by atoms with Crippen LogP contribution in [-0.2, 0) is 35.2 Å². The normalized spacial score (nSPS) is 25.2. The fourth-order valence-electron chi connectivity index (χ4n) is 3.65. The number of esters is 2. The highest BCUT2D eigenvalue weighted by atomic mass is 16.6. The van der Waals surface area contributed by atoms with Crippen LogP contribution in [0.5, 0.6) is 0 Å². The molecule has 1 aliphatic rings. The summed E-state index contributed by atoms with van der Waals surface area (Å²) < 4.78 is 16.4. The van der Waals surface area contributed by atoms with Gasteiger partial charge in [-0.1, -0.05) is 37.3 Å². The maximum Gasteiger partial charge on any atom is 0.317 e. The van der Waals surface area contributed by atoms with Crippen LogP contribution in [0.4, 0.5) is 0 Å². The molecule has 0 aromatic heterocycles. The summed E-state index contributed by atoms with van der Waals surface area (Å²) in [4.78, 5) is 37.5. The molecule has 1 fully saturated rings. The first kappa shape index (κ1) is 22.1. The fourth-order valence-corrected chi connectivity index (χ4v) is 3.65. The number of rotatable bonds is 6. The highest BCUT2D eigenvalue weighted by molar-refractivity contribution is 6.00. The largest absolute Gasteiger partial charge is 0.469 e. The number of methoxy groups -OCH3 is 1. The van der Waals surface area contributed by atoms with Crippen LogP contribution in [0, 0.1) is 17.8 Å². The molecule has 1 aromatic carbocycles. The Morgan fingerprint density at radius 1 is 1.14 bits per heavy atom. The van der Waals surface area contributed by atoms with Gasteiger partial charge in [-0.3, -0.25) is 14.4 Å². The SMILES string of the molecule is COC(=O)C[C@H]1C(C(=O)OC(C)(C)C)C(=O)C[C@H](C)[C@@H]1OCc1ccccc1. The molecule has 1 saturated carbocycles. The summed E-state index contributed by atoms with van der Waals surface area (Å²) in [6, 6.07) is 9.65. The van der Waals surface area contributed by atoms with E-state index in [1.807, 2.05) is 37.3 Å². The van der Waals surface area contributed by atoms with E-state index in [4.69, 9.17) is 14.2 Å². The summed E-state index contributed by atoms with van der Waals surface area (Å²) in [5.41, 5.74) is 0.258. The molecule has 0 bridgehead atoms. The molecule has 0 aliphatic heterocycles. The van der Waals surface area contributed by atoms with Gasteiger partial charge in [0.1, 0.15) is 17.3 Å². The van der Waals surface area contributed by atoms with E-state index in [2.05, 4.69) is 0 Å². The Morgan fingerprint density at radius 2 is 1.79 bits per heavy atom.